The minimum Gasteiger partial charge on any atom is -0.457 e. The van der Waals surface area contributed by atoms with Crippen LogP contribution in [0.25, 0.3) is 6.08 Å². The topological polar surface area (TPSA) is 105 Å². The van der Waals surface area contributed by atoms with Crippen molar-refractivity contribution in [3.8, 4) is 17.6 Å². The first kappa shape index (κ1) is 20.3. The van der Waals surface area contributed by atoms with Crippen molar-refractivity contribution in [2.45, 2.75) is 6.92 Å². The van der Waals surface area contributed by atoms with Gasteiger partial charge in [0.05, 0.1) is 4.92 Å². The van der Waals surface area contributed by atoms with Crippen LogP contribution in [-0.4, -0.2) is 10.8 Å². The molecule has 30 heavy (non-hydrogen) atoms. The Morgan fingerprint density at radius 1 is 1.07 bits per heavy atom. The molecule has 0 radical (unpaired) electrons. The number of nitro groups is 1. The van der Waals surface area contributed by atoms with Gasteiger partial charge in [0, 0.05) is 6.07 Å². The highest BCUT2D eigenvalue weighted by Gasteiger charge is 2.18. The zero-order valence-electron chi connectivity index (χ0n) is 16.0. The van der Waals surface area contributed by atoms with Crippen molar-refractivity contribution in [2.24, 2.45) is 0 Å². The van der Waals surface area contributed by atoms with E-state index in [2.05, 4.69) is 5.32 Å². The number of ether oxygens (including phenoxy) is 1. The molecular formula is C23H17N3O4. The fourth-order valence-corrected chi connectivity index (χ4v) is 2.70. The highest BCUT2D eigenvalue weighted by Crippen LogP contribution is 2.26. The standard InChI is InChI=1S/C23H17N3O4/c1-16-10-11-21(22(12-16)26(28)29)25-23(27)18(15-24)13-17-6-5-9-20(14-17)30-19-7-3-2-4-8-19/h2-14H,1H3,(H,25,27)/b18-13+. The third-order valence-corrected chi connectivity index (χ3v) is 4.11. The van der Waals surface area contributed by atoms with Gasteiger partial charge in [0.2, 0.25) is 0 Å². The van der Waals surface area contributed by atoms with E-state index in [9.17, 15) is 20.2 Å². The van der Waals surface area contributed by atoms with E-state index < -0.39 is 10.8 Å². The molecule has 3 aromatic rings. The van der Waals surface area contributed by atoms with Crippen LogP contribution in [0.5, 0.6) is 11.5 Å². The molecule has 0 unspecified atom stereocenters. The summed E-state index contributed by atoms with van der Waals surface area (Å²) < 4.78 is 5.76. The first-order valence-electron chi connectivity index (χ1n) is 8.97. The van der Waals surface area contributed by atoms with Crippen LogP contribution in [0.3, 0.4) is 0 Å². The van der Waals surface area contributed by atoms with Crippen molar-refractivity contribution in [1.29, 1.82) is 5.26 Å². The van der Waals surface area contributed by atoms with Crippen LogP contribution in [0, 0.1) is 28.4 Å². The molecular weight excluding hydrogens is 382 g/mol. The third kappa shape index (κ3) is 5.09. The smallest absolute Gasteiger partial charge is 0.293 e. The van der Waals surface area contributed by atoms with Crippen LogP contribution in [0.15, 0.2) is 78.4 Å². The van der Waals surface area contributed by atoms with E-state index in [1.807, 2.05) is 36.4 Å². The van der Waals surface area contributed by atoms with Gasteiger partial charge in [-0.25, -0.2) is 0 Å². The molecule has 0 aliphatic heterocycles. The predicted molar refractivity (Wildman–Crippen MR) is 113 cm³/mol. The molecule has 7 nitrogen and oxygen atoms in total. The Labute approximate surface area is 173 Å². The summed E-state index contributed by atoms with van der Waals surface area (Å²) in [5.74, 6) is 0.462. The number of nitrogens with zero attached hydrogens (tertiary/aromatic N) is 2. The van der Waals surface area contributed by atoms with Gasteiger partial charge in [-0.1, -0.05) is 36.4 Å². The minimum atomic E-state index is -0.737. The van der Waals surface area contributed by atoms with Crippen molar-refractivity contribution in [3.63, 3.8) is 0 Å². The number of carbonyl (C=O) groups is 1. The van der Waals surface area contributed by atoms with Gasteiger partial charge in [-0.05, 0) is 54.5 Å². The highest BCUT2D eigenvalue weighted by molar-refractivity contribution is 6.10. The van der Waals surface area contributed by atoms with Crippen LogP contribution >= 0.6 is 0 Å². The number of anilines is 1. The van der Waals surface area contributed by atoms with Crippen molar-refractivity contribution in [3.05, 3.63) is 99.6 Å². The second-order valence-electron chi connectivity index (χ2n) is 6.39. The van der Waals surface area contributed by atoms with Gasteiger partial charge in [-0.15, -0.1) is 0 Å². The van der Waals surface area contributed by atoms with Gasteiger partial charge in [0.25, 0.3) is 11.6 Å². The summed E-state index contributed by atoms with van der Waals surface area (Å²) in [6, 6.07) is 22.4. The fourth-order valence-electron chi connectivity index (χ4n) is 2.70. The molecule has 1 N–H and O–H groups in total. The lowest BCUT2D eigenvalue weighted by Gasteiger charge is -2.07. The average molecular weight is 399 g/mol. The lowest BCUT2D eigenvalue weighted by atomic mass is 10.1. The molecule has 1 amide bonds. The number of amides is 1. The molecule has 0 heterocycles. The van der Waals surface area contributed by atoms with E-state index in [0.29, 0.717) is 22.6 Å². The Balaban J connectivity index is 1.82. The Bertz CT molecular complexity index is 1160. The largest absolute Gasteiger partial charge is 0.457 e. The van der Waals surface area contributed by atoms with Gasteiger partial charge < -0.3 is 10.1 Å². The summed E-state index contributed by atoms with van der Waals surface area (Å²) in [4.78, 5) is 23.2. The van der Waals surface area contributed by atoms with E-state index in [4.69, 9.17) is 4.74 Å². The van der Waals surface area contributed by atoms with Gasteiger partial charge >= 0.3 is 0 Å². The average Bonchev–Trinajstić information content (AvgIpc) is 2.74. The van der Waals surface area contributed by atoms with Crippen LogP contribution in [0.1, 0.15) is 11.1 Å². The molecule has 7 heteroatoms. The molecule has 148 valence electrons. The first-order valence-corrected chi connectivity index (χ1v) is 8.97. The predicted octanol–water partition coefficient (Wildman–Crippen LogP) is 5.24. The number of nitrogens with one attached hydrogen (secondary N) is 1. The monoisotopic (exact) mass is 399 g/mol. The van der Waals surface area contributed by atoms with Gasteiger partial charge in [-0.3, -0.25) is 14.9 Å². The Morgan fingerprint density at radius 3 is 2.50 bits per heavy atom. The molecule has 3 rings (SSSR count). The van der Waals surface area contributed by atoms with Gasteiger partial charge in [-0.2, -0.15) is 5.26 Å². The van der Waals surface area contributed by atoms with Crippen molar-refractivity contribution < 1.29 is 14.5 Å². The van der Waals surface area contributed by atoms with Gasteiger partial charge in [0.1, 0.15) is 28.8 Å². The lowest BCUT2D eigenvalue weighted by molar-refractivity contribution is -0.384. The SMILES string of the molecule is Cc1ccc(NC(=O)/C(C#N)=C/c2cccc(Oc3ccccc3)c2)c([N+](=O)[O-])c1. The van der Waals surface area contributed by atoms with Crippen LogP contribution in [0.2, 0.25) is 0 Å². The molecule has 0 atom stereocenters. The molecule has 0 aliphatic rings. The third-order valence-electron chi connectivity index (χ3n) is 4.11. The normalized spacial score (nSPS) is 10.7. The number of nitriles is 1. The van der Waals surface area contributed by atoms with Crippen LogP contribution in [0.4, 0.5) is 11.4 Å². The van der Waals surface area contributed by atoms with Crippen LogP contribution in [-0.2, 0) is 4.79 Å². The maximum atomic E-state index is 12.5. The summed E-state index contributed by atoms with van der Waals surface area (Å²) in [7, 11) is 0. The summed E-state index contributed by atoms with van der Waals surface area (Å²) in [6.07, 6.45) is 1.40. The number of benzene rings is 3. The first-order chi connectivity index (χ1) is 14.5. The Morgan fingerprint density at radius 2 is 1.80 bits per heavy atom. The molecule has 0 spiro atoms. The van der Waals surface area contributed by atoms with E-state index in [-0.39, 0.29) is 16.9 Å². The van der Waals surface area contributed by atoms with Crippen LogP contribution < -0.4 is 10.1 Å². The van der Waals surface area contributed by atoms with Crippen molar-refractivity contribution in [2.75, 3.05) is 5.32 Å². The molecule has 0 bridgehead atoms. The summed E-state index contributed by atoms with van der Waals surface area (Å²) in [5, 5.41) is 23.1. The molecule has 0 aliphatic carbocycles. The van der Waals surface area contributed by atoms with Crippen molar-refractivity contribution in [1.82, 2.24) is 0 Å². The summed E-state index contributed by atoms with van der Waals surface area (Å²) >= 11 is 0. The quantitative estimate of drug-likeness (QED) is 0.264. The minimum absolute atomic E-state index is 0.0258. The number of aryl methyl sites for hydroxylation is 1. The molecule has 0 fully saturated rings. The zero-order chi connectivity index (χ0) is 21.5. The highest BCUT2D eigenvalue weighted by atomic mass is 16.6. The Kier molecular flexibility index (Phi) is 6.20. The molecule has 0 saturated heterocycles. The number of rotatable bonds is 6. The molecule has 0 aromatic heterocycles. The zero-order valence-corrected chi connectivity index (χ0v) is 16.0. The van der Waals surface area contributed by atoms with E-state index >= 15 is 0 Å². The summed E-state index contributed by atoms with van der Waals surface area (Å²) in [5.41, 5.74) is 0.859. The maximum absolute atomic E-state index is 12.5. The number of carbonyl (C=O) groups excluding carboxylic acids is 1. The van der Waals surface area contributed by atoms with Crippen molar-refractivity contribution >= 4 is 23.4 Å². The second kappa shape index (κ2) is 9.17. The number of hydrogen-bond donors (Lipinski definition) is 1. The maximum Gasteiger partial charge on any atom is 0.293 e. The second-order valence-corrected chi connectivity index (χ2v) is 6.39. The Hall–Kier alpha value is -4.44. The number of hydrogen-bond acceptors (Lipinski definition) is 5. The molecule has 0 saturated carbocycles. The number of para-hydroxylation sites is 1. The summed E-state index contributed by atoms with van der Waals surface area (Å²) in [6.45, 7) is 1.71. The molecule has 3 aromatic carbocycles. The van der Waals surface area contributed by atoms with Gasteiger partial charge in [0.15, 0.2) is 0 Å². The van der Waals surface area contributed by atoms with E-state index in [0.717, 1.165) is 0 Å². The van der Waals surface area contributed by atoms with E-state index in [1.165, 1.54) is 18.2 Å². The lowest BCUT2D eigenvalue weighted by Crippen LogP contribution is -2.14. The fraction of sp³-hybridized carbons (Fsp3) is 0.0435. The number of nitro benzene ring substituents is 1. The van der Waals surface area contributed by atoms with E-state index in [1.54, 1.807) is 37.3 Å².